The van der Waals surface area contributed by atoms with Crippen molar-refractivity contribution in [3.63, 3.8) is 0 Å². The Morgan fingerprint density at radius 1 is 0.607 bits per heavy atom. The van der Waals surface area contributed by atoms with E-state index in [2.05, 4.69) is 48.5 Å². The zero-order valence-corrected chi connectivity index (χ0v) is 16.2. The molecule has 1 aliphatic carbocycles. The van der Waals surface area contributed by atoms with Crippen LogP contribution in [0, 0.1) is 0 Å². The van der Waals surface area contributed by atoms with Crippen molar-refractivity contribution in [2.75, 3.05) is 26.4 Å². The molecule has 2 heterocycles. The van der Waals surface area contributed by atoms with E-state index in [1.165, 1.54) is 36.8 Å². The number of rotatable bonds is 8. The molecule has 2 unspecified atom stereocenters. The number of epoxide rings is 2. The Labute approximate surface area is 166 Å². The van der Waals surface area contributed by atoms with Crippen molar-refractivity contribution < 1.29 is 18.9 Å². The van der Waals surface area contributed by atoms with Crippen molar-refractivity contribution in [2.45, 2.75) is 49.7 Å². The molecule has 28 heavy (non-hydrogen) atoms. The fourth-order valence-corrected chi connectivity index (χ4v) is 4.14. The molecule has 4 nitrogen and oxygen atoms in total. The quantitative estimate of drug-likeness (QED) is 0.624. The lowest BCUT2D eigenvalue weighted by Gasteiger charge is -2.29. The van der Waals surface area contributed by atoms with Crippen molar-refractivity contribution in [1.82, 2.24) is 0 Å². The average molecular weight is 380 g/mol. The van der Waals surface area contributed by atoms with Crippen molar-refractivity contribution >= 4 is 0 Å². The Kier molecular flexibility index (Phi) is 5.24. The van der Waals surface area contributed by atoms with E-state index in [1.807, 2.05) is 0 Å². The smallest absolute Gasteiger partial charge is 0.119 e. The molecule has 0 amide bonds. The number of benzene rings is 2. The predicted octanol–water partition coefficient (Wildman–Crippen LogP) is 4.68. The van der Waals surface area contributed by atoms with Gasteiger partial charge in [0.2, 0.25) is 0 Å². The van der Waals surface area contributed by atoms with Crippen LogP contribution in [-0.4, -0.2) is 38.6 Å². The number of hydrogen-bond donors (Lipinski definition) is 0. The van der Waals surface area contributed by atoms with E-state index in [1.54, 1.807) is 0 Å². The topological polar surface area (TPSA) is 43.5 Å². The number of hydrogen-bond acceptors (Lipinski definition) is 4. The van der Waals surface area contributed by atoms with Crippen LogP contribution in [0.3, 0.4) is 0 Å². The molecule has 2 aliphatic heterocycles. The van der Waals surface area contributed by atoms with Crippen LogP contribution in [-0.2, 0) is 9.47 Å². The van der Waals surface area contributed by atoms with Crippen LogP contribution in [0.2, 0.25) is 0 Å². The van der Waals surface area contributed by atoms with E-state index in [0.717, 1.165) is 24.7 Å². The molecule has 2 saturated heterocycles. The summed E-state index contributed by atoms with van der Waals surface area (Å²) in [6.07, 6.45) is 5.61. The molecule has 1 saturated carbocycles. The Balaban J connectivity index is 1.11. The van der Waals surface area contributed by atoms with Gasteiger partial charge in [0.05, 0.1) is 13.2 Å². The summed E-state index contributed by atoms with van der Waals surface area (Å²) in [5, 5.41) is 0. The van der Waals surface area contributed by atoms with Crippen LogP contribution in [0.25, 0.3) is 0 Å². The highest BCUT2D eigenvalue weighted by atomic mass is 16.6. The summed E-state index contributed by atoms with van der Waals surface area (Å²) in [5.41, 5.74) is 2.89. The van der Waals surface area contributed by atoms with Crippen LogP contribution in [0.4, 0.5) is 0 Å². The highest BCUT2D eigenvalue weighted by Crippen LogP contribution is 2.41. The minimum Gasteiger partial charge on any atom is -0.491 e. The van der Waals surface area contributed by atoms with E-state index in [0.29, 0.717) is 37.3 Å². The maximum atomic E-state index is 5.75. The van der Waals surface area contributed by atoms with Gasteiger partial charge in [0, 0.05) is 0 Å². The predicted molar refractivity (Wildman–Crippen MR) is 107 cm³/mol. The third kappa shape index (κ3) is 4.68. The maximum absolute atomic E-state index is 5.75. The van der Waals surface area contributed by atoms with Gasteiger partial charge in [0.15, 0.2) is 0 Å². The second-order valence-corrected chi connectivity index (χ2v) is 8.22. The van der Waals surface area contributed by atoms with Gasteiger partial charge in [0.25, 0.3) is 0 Å². The van der Waals surface area contributed by atoms with Gasteiger partial charge in [0.1, 0.15) is 36.9 Å². The van der Waals surface area contributed by atoms with Gasteiger partial charge in [-0.05, 0) is 72.9 Å². The largest absolute Gasteiger partial charge is 0.491 e. The minimum atomic E-state index is 0.308. The molecule has 0 bridgehead atoms. The summed E-state index contributed by atoms with van der Waals surface area (Å²) in [4.78, 5) is 0. The lowest BCUT2D eigenvalue weighted by molar-refractivity contribution is 0.263. The van der Waals surface area contributed by atoms with Gasteiger partial charge in [-0.15, -0.1) is 0 Å². The first kappa shape index (κ1) is 18.0. The summed E-state index contributed by atoms with van der Waals surface area (Å²) in [7, 11) is 0. The SMILES string of the molecule is c1cc(C2CCC(c3ccc(OCC4CO4)cc3)CC2)ccc1OCC1CO1. The van der Waals surface area contributed by atoms with Gasteiger partial charge in [-0.2, -0.15) is 0 Å². The van der Waals surface area contributed by atoms with Gasteiger partial charge in [-0.3, -0.25) is 0 Å². The third-order valence-electron chi connectivity index (χ3n) is 6.11. The molecule has 0 radical (unpaired) electrons. The Bertz CT molecular complexity index is 687. The molecule has 3 aliphatic rings. The second kappa shape index (κ2) is 8.14. The third-order valence-corrected chi connectivity index (χ3v) is 6.11. The van der Waals surface area contributed by atoms with Gasteiger partial charge in [-0.25, -0.2) is 0 Å². The van der Waals surface area contributed by atoms with Crippen LogP contribution in [0.1, 0.15) is 48.6 Å². The molecule has 3 fully saturated rings. The normalized spacial score (nSPS) is 28.6. The van der Waals surface area contributed by atoms with Crippen molar-refractivity contribution in [2.24, 2.45) is 0 Å². The van der Waals surface area contributed by atoms with Crippen molar-refractivity contribution in [3.8, 4) is 11.5 Å². The molecule has 0 spiro atoms. The first-order valence-corrected chi connectivity index (χ1v) is 10.5. The van der Waals surface area contributed by atoms with Gasteiger partial charge < -0.3 is 18.9 Å². The molecular weight excluding hydrogens is 352 g/mol. The van der Waals surface area contributed by atoms with Crippen LogP contribution >= 0.6 is 0 Å². The van der Waals surface area contributed by atoms with Crippen molar-refractivity contribution in [3.05, 3.63) is 59.7 Å². The lowest BCUT2D eigenvalue weighted by Crippen LogP contribution is -2.12. The van der Waals surface area contributed by atoms with Gasteiger partial charge >= 0.3 is 0 Å². The van der Waals surface area contributed by atoms with Crippen LogP contribution in [0.5, 0.6) is 11.5 Å². The highest BCUT2D eigenvalue weighted by Gasteiger charge is 2.25. The Hall–Kier alpha value is -2.04. The van der Waals surface area contributed by atoms with Crippen LogP contribution < -0.4 is 9.47 Å². The average Bonchev–Trinajstić information content (AvgIpc) is 3.67. The summed E-state index contributed by atoms with van der Waals surface area (Å²) in [6, 6.07) is 17.4. The summed E-state index contributed by atoms with van der Waals surface area (Å²) in [5.74, 6) is 3.23. The fourth-order valence-electron chi connectivity index (χ4n) is 4.14. The van der Waals surface area contributed by atoms with E-state index < -0.39 is 0 Å². The molecule has 0 aromatic heterocycles. The second-order valence-electron chi connectivity index (χ2n) is 8.22. The molecule has 5 rings (SSSR count). The van der Waals surface area contributed by atoms with Crippen molar-refractivity contribution in [1.29, 1.82) is 0 Å². The standard InChI is InChI=1S/C24H28O4/c1-2-18(20-7-11-22(12-8-20)26-14-24-16-28-24)4-3-17(1)19-5-9-21(10-6-19)25-13-23-15-27-23/h5-12,17-18,23-24H,1-4,13-16H2. The van der Waals surface area contributed by atoms with E-state index >= 15 is 0 Å². The Morgan fingerprint density at radius 3 is 1.29 bits per heavy atom. The monoisotopic (exact) mass is 380 g/mol. The molecule has 148 valence electrons. The lowest BCUT2D eigenvalue weighted by atomic mass is 9.76. The number of ether oxygens (including phenoxy) is 4. The first-order valence-electron chi connectivity index (χ1n) is 10.5. The summed E-state index contributed by atoms with van der Waals surface area (Å²) < 4.78 is 21.9. The van der Waals surface area contributed by atoms with E-state index in [4.69, 9.17) is 18.9 Å². The van der Waals surface area contributed by atoms with Gasteiger partial charge in [-0.1, -0.05) is 24.3 Å². The van der Waals surface area contributed by atoms with Crippen LogP contribution in [0.15, 0.2) is 48.5 Å². The fraction of sp³-hybridized carbons (Fsp3) is 0.500. The molecule has 2 aromatic carbocycles. The molecular formula is C24H28O4. The molecule has 2 aromatic rings. The molecule has 4 heteroatoms. The Morgan fingerprint density at radius 2 is 0.964 bits per heavy atom. The maximum Gasteiger partial charge on any atom is 0.119 e. The zero-order valence-electron chi connectivity index (χ0n) is 16.2. The summed E-state index contributed by atoms with van der Waals surface area (Å²) >= 11 is 0. The molecule has 2 atom stereocenters. The zero-order chi connectivity index (χ0) is 18.8. The van der Waals surface area contributed by atoms with E-state index in [9.17, 15) is 0 Å². The summed E-state index contributed by atoms with van der Waals surface area (Å²) in [6.45, 7) is 3.02. The first-order chi connectivity index (χ1) is 13.8. The molecule has 0 N–H and O–H groups in total. The minimum absolute atomic E-state index is 0.308. The highest BCUT2D eigenvalue weighted by molar-refractivity contribution is 5.32. The van der Waals surface area contributed by atoms with E-state index in [-0.39, 0.29) is 0 Å².